The van der Waals surface area contributed by atoms with E-state index >= 15 is 0 Å². The Kier molecular flexibility index (Phi) is 5.48. The van der Waals surface area contributed by atoms with Gasteiger partial charge in [0.2, 0.25) is 5.88 Å². The summed E-state index contributed by atoms with van der Waals surface area (Å²) in [5.74, 6) is 0.719. The quantitative estimate of drug-likeness (QED) is 0.767. The van der Waals surface area contributed by atoms with Crippen molar-refractivity contribution in [1.82, 2.24) is 9.88 Å². The second kappa shape index (κ2) is 7.97. The molecule has 1 aliphatic rings. The van der Waals surface area contributed by atoms with Crippen molar-refractivity contribution in [2.75, 3.05) is 44.2 Å². The number of benzene rings is 1. The number of piperazine rings is 1. The summed E-state index contributed by atoms with van der Waals surface area (Å²) in [6.45, 7) is 8.47. The number of aromatic nitrogens is 1. The Bertz CT molecular complexity index is 595. The normalized spacial score (nSPS) is 15.6. The molecule has 0 N–H and O–H groups in total. The van der Waals surface area contributed by atoms with Crippen molar-refractivity contribution in [3.05, 3.63) is 54.2 Å². The third kappa shape index (κ3) is 4.45. The average Bonchev–Trinajstić information content (AvgIpc) is 2.61. The summed E-state index contributed by atoms with van der Waals surface area (Å²) in [5, 5.41) is 0. The van der Waals surface area contributed by atoms with Crippen molar-refractivity contribution in [2.45, 2.75) is 13.3 Å². The number of pyridine rings is 1. The summed E-state index contributed by atoms with van der Waals surface area (Å²) in [7, 11) is 0. The van der Waals surface area contributed by atoms with Crippen molar-refractivity contribution in [3.8, 4) is 5.88 Å². The predicted molar refractivity (Wildman–Crippen MR) is 94.2 cm³/mol. The van der Waals surface area contributed by atoms with E-state index in [4.69, 9.17) is 4.74 Å². The van der Waals surface area contributed by atoms with Crippen LogP contribution in [0.25, 0.3) is 0 Å². The van der Waals surface area contributed by atoms with Crippen LogP contribution in [0.2, 0.25) is 0 Å². The van der Waals surface area contributed by atoms with Crippen LogP contribution < -0.4 is 9.64 Å². The molecule has 1 aliphatic heterocycles. The molecule has 0 bridgehead atoms. The Labute approximate surface area is 138 Å². The van der Waals surface area contributed by atoms with Gasteiger partial charge in [-0.2, -0.15) is 0 Å². The molecule has 1 aromatic carbocycles. The highest BCUT2D eigenvalue weighted by Crippen LogP contribution is 2.20. The van der Waals surface area contributed by atoms with Crippen molar-refractivity contribution < 1.29 is 4.74 Å². The minimum atomic E-state index is 0.719. The van der Waals surface area contributed by atoms with Crippen molar-refractivity contribution in [1.29, 1.82) is 0 Å². The molecule has 0 aliphatic carbocycles. The lowest BCUT2D eigenvalue weighted by molar-refractivity contribution is 0.222. The van der Waals surface area contributed by atoms with E-state index in [0.717, 1.165) is 51.6 Å². The molecule has 3 rings (SSSR count). The Hall–Kier alpha value is -2.07. The third-order valence-corrected chi connectivity index (χ3v) is 4.33. The fourth-order valence-electron chi connectivity index (χ4n) is 3.03. The highest BCUT2D eigenvalue weighted by molar-refractivity contribution is 5.53. The van der Waals surface area contributed by atoms with E-state index in [0.29, 0.717) is 0 Å². The third-order valence-electron chi connectivity index (χ3n) is 4.33. The van der Waals surface area contributed by atoms with Gasteiger partial charge in [0.15, 0.2) is 0 Å². The molecule has 23 heavy (non-hydrogen) atoms. The fourth-order valence-corrected chi connectivity index (χ4v) is 3.03. The number of anilines is 1. The van der Waals surface area contributed by atoms with Crippen molar-refractivity contribution in [2.24, 2.45) is 0 Å². The highest BCUT2D eigenvalue weighted by atomic mass is 16.5. The van der Waals surface area contributed by atoms with Gasteiger partial charge in [0.25, 0.3) is 0 Å². The van der Waals surface area contributed by atoms with Gasteiger partial charge in [0.05, 0.1) is 6.61 Å². The van der Waals surface area contributed by atoms with E-state index in [2.05, 4.69) is 46.0 Å². The zero-order chi connectivity index (χ0) is 15.9. The van der Waals surface area contributed by atoms with E-state index in [1.165, 1.54) is 11.3 Å². The van der Waals surface area contributed by atoms with E-state index in [-0.39, 0.29) is 0 Å². The van der Waals surface area contributed by atoms with Crippen molar-refractivity contribution in [3.63, 3.8) is 0 Å². The molecule has 122 valence electrons. The molecule has 0 spiro atoms. The number of hydrogen-bond donors (Lipinski definition) is 0. The lowest BCUT2D eigenvalue weighted by Crippen LogP contribution is -2.47. The standard InChI is InChI=1S/C19H25N3O/c1-17-7-2-3-8-18(17)22-14-12-21(13-15-22)11-6-16-23-19-9-4-5-10-20-19/h2-5,7-10H,6,11-16H2,1H3. The minimum absolute atomic E-state index is 0.719. The van der Waals surface area contributed by atoms with Crippen LogP contribution in [0.3, 0.4) is 0 Å². The lowest BCUT2D eigenvalue weighted by atomic mass is 10.1. The molecular formula is C19H25N3O. The Morgan fingerprint density at radius 3 is 2.52 bits per heavy atom. The van der Waals surface area contributed by atoms with Crippen LogP contribution in [-0.2, 0) is 0 Å². The Morgan fingerprint density at radius 1 is 1.00 bits per heavy atom. The first-order valence-corrected chi connectivity index (χ1v) is 8.40. The molecule has 0 radical (unpaired) electrons. The van der Waals surface area contributed by atoms with Crippen LogP contribution >= 0.6 is 0 Å². The molecule has 4 nitrogen and oxygen atoms in total. The van der Waals surface area contributed by atoms with Gasteiger partial charge in [-0.3, -0.25) is 4.90 Å². The van der Waals surface area contributed by atoms with Gasteiger partial charge >= 0.3 is 0 Å². The molecule has 1 saturated heterocycles. The number of hydrogen-bond acceptors (Lipinski definition) is 4. The van der Waals surface area contributed by atoms with E-state index < -0.39 is 0 Å². The average molecular weight is 311 g/mol. The predicted octanol–water partition coefficient (Wildman–Crippen LogP) is 2.98. The maximum atomic E-state index is 5.66. The topological polar surface area (TPSA) is 28.6 Å². The molecule has 2 heterocycles. The highest BCUT2D eigenvalue weighted by Gasteiger charge is 2.17. The van der Waals surface area contributed by atoms with Crippen LogP contribution in [0.1, 0.15) is 12.0 Å². The summed E-state index contributed by atoms with van der Waals surface area (Å²) in [6.07, 6.45) is 2.81. The van der Waals surface area contributed by atoms with Crippen LogP contribution in [0.5, 0.6) is 5.88 Å². The summed E-state index contributed by atoms with van der Waals surface area (Å²) >= 11 is 0. The molecule has 2 aromatic rings. The zero-order valence-electron chi connectivity index (χ0n) is 13.8. The number of aryl methyl sites for hydroxylation is 1. The second-order valence-corrected chi connectivity index (χ2v) is 5.99. The van der Waals surface area contributed by atoms with Gasteiger partial charge in [-0.1, -0.05) is 24.3 Å². The van der Waals surface area contributed by atoms with E-state index in [9.17, 15) is 0 Å². The summed E-state index contributed by atoms with van der Waals surface area (Å²) in [5.41, 5.74) is 2.75. The van der Waals surface area contributed by atoms with E-state index in [1.807, 2.05) is 18.2 Å². The van der Waals surface area contributed by atoms with Gasteiger partial charge in [-0.05, 0) is 31.0 Å². The molecular weight excluding hydrogens is 286 g/mol. The SMILES string of the molecule is Cc1ccccc1N1CCN(CCCOc2ccccn2)CC1. The van der Waals surface area contributed by atoms with Gasteiger partial charge in [-0.15, -0.1) is 0 Å². The largest absolute Gasteiger partial charge is 0.478 e. The van der Waals surface area contributed by atoms with Gasteiger partial charge in [0.1, 0.15) is 0 Å². The molecule has 0 atom stereocenters. The first-order valence-electron chi connectivity index (χ1n) is 8.40. The van der Waals surface area contributed by atoms with Gasteiger partial charge in [0, 0.05) is 50.7 Å². The first kappa shape index (κ1) is 15.8. The first-order chi connectivity index (χ1) is 11.3. The summed E-state index contributed by atoms with van der Waals surface area (Å²) in [6, 6.07) is 14.4. The van der Waals surface area contributed by atoms with Crippen LogP contribution in [0.15, 0.2) is 48.7 Å². The lowest BCUT2D eigenvalue weighted by Gasteiger charge is -2.36. The van der Waals surface area contributed by atoms with Gasteiger partial charge < -0.3 is 9.64 Å². The Balaban J connectivity index is 1.37. The zero-order valence-corrected chi connectivity index (χ0v) is 13.8. The monoisotopic (exact) mass is 311 g/mol. The van der Waals surface area contributed by atoms with Crippen LogP contribution in [-0.4, -0.2) is 49.2 Å². The number of para-hydroxylation sites is 1. The summed E-state index contributed by atoms with van der Waals surface area (Å²) < 4.78 is 5.66. The van der Waals surface area contributed by atoms with Crippen LogP contribution in [0, 0.1) is 6.92 Å². The molecule has 0 unspecified atom stereocenters. The molecule has 4 heteroatoms. The second-order valence-electron chi connectivity index (χ2n) is 5.99. The smallest absolute Gasteiger partial charge is 0.213 e. The maximum Gasteiger partial charge on any atom is 0.213 e. The minimum Gasteiger partial charge on any atom is -0.478 e. The number of ether oxygens (including phenoxy) is 1. The van der Waals surface area contributed by atoms with Crippen molar-refractivity contribution >= 4 is 5.69 Å². The molecule has 1 fully saturated rings. The van der Waals surface area contributed by atoms with Crippen LogP contribution in [0.4, 0.5) is 5.69 Å². The maximum absolute atomic E-state index is 5.66. The Morgan fingerprint density at radius 2 is 1.78 bits per heavy atom. The summed E-state index contributed by atoms with van der Waals surface area (Å²) in [4.78, 5) is 9.19. The molecule has 1 aromatic heterocycles. The fraction of sp³-hybridized carbons (Fsp3) is 0.421. The van der Waals surface area contributed by atoms with E-state index in [1.54, 1.807) is 6.20 Å². The number of nitrogens with zero attached hydrogens (tertiary/aromatic N) is 3. The van der Waals surface area contributed by atoms with Gasteiger partial charge in [-0.25, -0.2) is 4.98 Å². The number of rotatable bonds is 6. The molecule has 0 saturated carbocycles. The molecule has 0 amide bonds.